The molecule has 3 aromatic carbocycles. The number of hydrogen-bond acceptors (Lipinski definition) is 6. The maximum atomic E-state index is 13.0. The van der Waals surface area contributed by atoms with E-state index in [4.69, 9.17) is 9.47 Å². The molecular formula is C26H20BrN3O6. The van der Waals surface area contributed by atoms with E-state index in [9.17, 15) is 19.2 Å². The first kappa shape index (κ1) is 24.7. The van der Waals surface area contributed by atoms with Crippen molar-refractivity contribution in [1.29, 1.82) is 0 Å². The highest BCUT2D eigenvalue weighted by molar-refractivity contribution is 9.10. The molecule has 1 fully saturated rings. The monoisotopic (exact) mass is 549 g/mol. The van der Waals surface area contributed by atoms with Crippen LogP contribution in [0.2, 0.25) is 0 Å². The summed E-state index contributed by atoms with van der Waals surface area (Å²) in [5, 5.41) is 4.91. The fourth-order valence-corrected chi connectivity index (χ4v) is 3.89. The van der Waals surface area contributed by atoms with Crippen LogP contribution >= 0.6 is 15.9 Å². The van der Waals surface area contributed by atoms with E-state index in [2.05, 4.69) is 26.6 Å². The lowest BCUT2D eigenvalue weighted by molar-refractivity contribution is -0.122. The molecule has 4 rings (SSSR count). The van der Waals surface area contributed by atoms with E-state index in [0.29, 0.717) is 32.9 Å². The number of imide groups is 2. The Hall–Kier alpha value is -4.44. The van der Waals surface area contributed by atoms with Gasteiger partial charge >= 0.3 is 6.03 Å². The number of ether oxygens (including phenoxy) is 2. The second-order valence-electron chi connectivity index (χ2n) is 7.55. The van der Waals surface area contributed by atoms with E-state index < -0.39 is 17.8 Å². The molecule has 0 aromatic heterocycles. The molecule has 1 heterocycles. The average Bonchev–Trinajstić information content (AvgIpc) is 2.87. The molecule has 36 heavy (non-hydrogen) atoms. The third kappa shape index (κ3) is 5.61. The second kappa shape index (κ2) is 10.9. The highest BCUT2D eigenvalue weighted by Crippen LogP contribution is 2.28. The number of nitrogens with one attached hydrogen (secondary N) is 2. The molecule has 5 amide bonds. The van der Waals surface area contributed by atoms with Crippen LogP contribution in [-0.2, 0) is 14.4 Å². The lowest BCUT2D eigenvalue weighted by atomic mass is 10.1. The van der Waals surface area contributed by atoms with Crippen LogP contribution < -0.4 is 25.0 Å². The molecule has 0 unspecified atom stereocenters. The molecule has 0 bridgehead atoms. The highest BCUT2D eigenvalue weighted by Gasteiger charge is 2.36. The molecule has 182 valence electrons. The van der Waals surface area contributed by atoms with Crippen LogP contribution in [-0.4, -0.2) is 37.5 Å². The molecule has 0 spiro atoms. The molecule has 1 saturated heterocycles. The number of barbiturate groups is 1. The van der Waals surface area contributed by atoms with Gasteiger partial charge in [0.05, 0.1) is 17.3 Å². The number of anilines is 2. The Morgan fingerprint density at radius 2 is 1.75 bits per heavy atom. The zero-order valence-corrected chi connectivity index (χ0v) is 20.6. The summed E-state index contributed by atoms with van der Waals surface area (Å²) in [5.41, 5.74) is 1.26. The van der Waals surface area contributed by atoms with Crippen LogP contribution in [0.3, 0.4) is 0 Å². The second-order valence-corrected chi connectivity index (χ2v) is 8.40. The Morgan fingerprint density at radius 1 is 1.03 bits per heavy atom. The maximum Gasteiger partial charge on any atom is 0.335 e. The van der Waals surface area contributed by atoms with E-state index in [-0.39, 0.29) is 18.1 Å². The van der Waals surface area contributed by atoms with Crippen molar-refractivity contribution in [2.45, 2.75) is 0 Å². The Kier molecular flexibility index (Phi) is 7.45. The van der Waals surface area contributed by atoms with Gasteiger partial charge in [-0.05, 0) is 76.1 Å². The van der Waals surface area contributed by atoms with Gasteiger partial charge < -0.3 is 14.8 Å². The minimum Gasteiger partial charge on any atom is -0.497 e. The van der Waals surface area contributed by atoms with Crippen LogP contribution in [0.25, 0.3) is 6.08 Å². The highest BCUT2D eigenvalue weighted by atomic mass is 79.9. The van der Waals surface area contributed by atoms with Gasteiger partial charge in [0.2, 0.25) is 0 Å². The number of benzene rings is 3. The Bertz CT molecular complexity index is 1360. The van der Waals surface area contributed by atoms with Crippen molar-refractivity contribution in [2.24, 2.45) is 0 Å². The van der Waals surface area contributed by atoms with Crippen molar-refractivity contribution in [3.05, 3.63) is 88.4 Å². The predicted molar refractivity (Wildman–Crippen MR) is 137 cm³/mol. The van der Waals surface area contributed by atoms with Crippen molar-refractivity contribution >= 4 is 57.1 Å². The fourth-order valence-electron chi connectivity index (χ4n) is 3.37. The predicted octanol–water partition coefficient (Wildman–Crippen LogP) is 4.14. The lowest BCUT2D eigenvalue weighted by Crippen LogP contribution is -2.54. The van der Waals surface area contributed by atoms with Gasteiger partial charge in [0.25, 0.3) is 17.7 Å². The molecule has 0 saturated carbocycles. The van der Waals surface area contributed by atoms with Gasteiger partial charge in [0, 0.05) is 5.69 Å². The number of rotatable bonds is 7. The van der Waals surface area contributed by atoms with E-state index in [0.717, 1.165) is 4.90 Å². The van der Waals surface area contributed by atoms with Crippen LogP contribution in [0, 0.1) is 0 Å². The molecule has 2 N–H and O–H groups in total. The van der Waals surface area contributed by atoms with Gasteiger partial charge in [-0.2, -0.15) is 0 Å². The summed E-state index contributed by atoms with van der Waals surface area (Å²) in [5.74, 6) is -0.809. The molecule has 1 aliphatic heterocycles. The van der Waals surface area contributed by atoms with E-state index in [1.54, 1.807) is 79.9 Å². The first-order valence-corrected chi connectivity index (χ1v) is 11.5. The Labute approximate surface area is 214 Å². The number of nitrogens with zero attached hydrogens (tertiary/aromatic N) is 1. The first-order valence-electron chi connectivity index (χ1n) is 10.7. The van der Waals surface area contributed by atoms with Gasteiger partial charge in [-0.15, -0.1) is 0 Å². The summed E-state index contributed by atoms with van der Waals surface area (Å²) < 4.78 is 11.2. The van der Waals surface area contributed by atoms with Crippen LogP contribution in [0.5, 0.6) is 11.5 Å². The van der Waals surface area contributed by atoms with Crippen LogP contribution in [0.4, 0.5) is 16.2 Å². The quantitative estimate of drug-likeness (QED) is 0.338. The molecule has 10 heteroatoms. The minimum atomic E-state index is -0.814. The molecule has 0 radical (unpaired) electrons. The Morgan fingerprint density at radius 3 is 2.42 bits per heavy atom. The van der Waals surface area contributed by atoms with Gasteiger partial charge in [0.1, 0.15) is 17.1 Å². The maximum absolute atomic E-state index is 13.0. The largest absolute Gasteiger partial charge is 0.497 e. The normalized spacial score (nSPS) is 14.4. The van der Waals surface area contributed by atoms with Crippen molar-refractivity contribution in [1.82, 2.24) is 5.32 Å². The topological polar surface area (TPSA) is 114 Å². The summed E-state index contributed by atoms with van der Waals surface area (Å²) in [6, 6.07) is 19.2. The number of urea groups is 1. The number of carbonyl (C=O) groups excluding carboxylic acids is 4. The summed E-state index contributed by atoms with van der Waals surface area (Å²) >= 11 is 3.38. The first-order chi connectivity index (χ1) is 17.4. The van der Waals surface area contributed by atoms with Gasteiger partial charge in [-0.3, -0.25) is 19.7 Å². The SMILES string of the molecule is COc1ccc(NC(=O)COc2ccc(/C=C3/C(=O)NC(=O)N(c4ccccc4)C3=O)cc2Br)cc1. The number of para-hydroxylation sites is 1. The van der Waals surface area contributed by atoms with Crippen LogP contribution in [0.1, 0.15) is 5.56 Å². The summed E-state index contributed by atoms with van der Waals surface area (Å²) in [7, 11) is 1.56. The minimum absolute atomic E-state index is 0.196. The third-order valence-corrected chi connectivity index (χ3v) is 5.74. The van der Waals surface area contributed by atoms with Gasteiger partial charge in [-0.25, -0.2) is 9.69 Å². The molecule has 9 nitrogen and oxygen atoms in total. The summed E-state index contributed by atoms with van der Waals surface area (Å²) in [6.07, 6.45) is 1.38. The van der Waals surface area contributed by atoms with E-state index >= 15 is 0 Å². The van der Waals surface area contributed by atoms with Crippen molar-refractivity contribution in [3.63, 3.8) is 0 Å². The third-order valence-electron chi connectivity index (χ3n) is 5.12. The van der Waals surface area contributed by atoms with Crippen molar-refractivity contribution in [2.75, 3.05) is 23.9 Å². The number of halogens is 1. The molecule has 3 aromatic rings. The molecule has 1 aliphatic rings. The summed E-state index contributed by atoms with van der Waals surface area (Å²) in [6.45, 7) is -0.236. The Balaban J connectivity index is 1.44. The zero-order chi connectivity index (χ0) is 25.7. The van der Waals surface area contributed by atoms with Crippen molar-refractivity contribution in [3.8, 4) is 11.5 Å². The molecule has 0 atom stereocenters. The summed E-state index contributed by atoms with van der Waals surface area (Å²) in [4.78, 5) is 50.7. The molecule has 0 aliphatic carbocycles. The van der Waals surface area contributed by atoms with Gasteiger partial charge in [-0.1, -0.05) is 24.3 Å². The average molecular weight is 550 g/mol. The number of amides is 5. The standard InChI is InChI=1S/C26H20BrN3O6/c1-35-19-10-8-17(9-11-19)28-23(31)15-36-22-12-7-16(14-21(22)27)13-20-24(32)29-26(34)30(25(20)33)18-5-3-2-4-6-18/h2-14H,15H2,1H3,(H,28,31)(H,29,32,34)/b20-13-. The zero-order valence-electron chi connectivity index (χ0n) is 19.0. The number of hydrogen-bond donors (Lipinski definition) is 2. The van der Waals surface area contributed by atoms with Crippen LogP contribution in [0.15, 0.2) is 82.8 Å². The van der Waals surface area contributed by atoms with E-state index in [1.807, 2.05) is 0 Å². The number of carbonyl (C=O) groups is 4. The fraction of sp³-hybridized carbons (Fsp3) is 0.0769. The van der Waals surface area contributed by atoms with Crippen molar-refractivity contribution < 1.29 is 28.7 Å². The van der Waals surface area contributed by atoms with Gasteiger partial charge in [0.15, 0.2) is 6.61 Å². The lowest BCUT2D eigenvalue weighted by Gasteiger charge is -2.26. The number of methoxy groups -OCH3 is 1. The smallest absolute Gasteiger partial charge is 0.335 e. The van der Waals surface area contributed by atoms with E-state index in [1.165, 1.54) is 6.08 Å². The molecular weight excluding hydrogens is 530 g/mol.